The Morgan fingerprint density at radius 1 is 1.45 bits per heavy atom. The normalized spacial score (nSPS) is 29.2. The van der Waals surface area contributed by atoms with Gasteiger partial charge in [-0.15, -0.1) is 11.8 Å². The first kappa shape index (κ1) is 16.9. The van der Waals surface area contributed by atoms with Crippen LogP contribution in [0.4, 0.5) is 0 Å². The molecule has 0 bridgehead atoms. The zero-order chi connectivity index (χ0) is 15.4. The number of rotatable bonds is 5. The molecule has 6 N–H and O–H groups in total. The second kappa shape index (κ2) is 7.04. The van der Waals surface area contributed by atoms with Crippen molar-refractivity contribution in [1.29, 1.82) is 0 Å². The van der Waals surface area contributed by atoms with Gasteiger partial charge in [-0.3, -0.25) is 4.79 Å². The molecule has 0 aliphatic carbocycles. The van der Waals surface area contributed by atoms with Gasteiger partial charge in [0.25, 0.3) is 0 Å². The van der Waals surface area contributed by atoms with Crippen molar-refractivity contribution in [2.24, 2.45) is 0 Å². The Bertz CT molecular complexity index is 414. The van der Waals surface area contributed by atoms with E-state index < -0.39 is 48.1 Å². The molecule has 114 valence electrons. The molecule has 0 aromatic heterocycles. The SMILES string of the molecule is CC(=O)N[C@H]1[C@H]([C@H](O)[C@H](O)CO)SC(C(=O)O)=C[C@@H]1O. The Morgan fingerprint density at radius 2 is 2.05 bits per heavy atom. The van der Waals surface area contributed by atoms with Crippen LogP contribution in [0.3, 0.4) is 0 Å². The molecule has 1 amide bonds. The number of amides is 1. The zero-order valence-corrected chi connectivity index (χ0v) is 11.4. The molecule has 0 saturated heterocycles. The second-order valence-electron chi connectivity index (χ2n) is 4.38. The average Bonchev–Trinajstić information content (AvgIpc) is 2.38. The maximum atomic E-state index is 11.1. The summed E-state index contributed by atoms with van der Waals surface area (Å²) in [6, 6.07) is -0.975. The summed E-state index contributed by atoms with van der Waals surface area (Å²) in [6.45, 7) is 0.479. The van der Waals surface area contributed by atoms with E-state index >= 15 is 0 Å². The van der Waals surface area contributed by atoms with Gasteiger partial charge in [0.15, 0.2) is 0 Å². The van der Waals surface area contributed by atoms with Crippen LogP contribution in [-0.2, 0) is 9.59 Å². The molecule has 1 rings (SSSR count). The highest BCUT2D eigenvalue weighted by atomic mass is 32.2. The van der Waals surface area contributed by atoms with Crippen LogP contribution >= 0.6 is 11.8 Å². The summed E-state index contributed by atoms with van der Waals surface area (Å²) < 4.78 is 0. The zero-order valence-electron chi connectivity index (χ0n) is 10.6. The van der Waals surface area contributed by atoms with Crippen LogP contribution in [0, 0.1) is 0 Å². The number of aliphatic carboxylic acids is 1. The quantitative estimate of drug-likeness (QED) is 0.331. The van der Waals surface area contributed by atoms with Crippen molar-refractivity contribution in [3.05, 3.63) is 11.0 Å². The number of thioether (sulfide) groups is 1. The molecular formula is C11H17NO7S. The molecule has 0 fully saturated rings. The van der Waals surface area contributed by atoms with E-state index in [1.807, 2.05) is 0 Å². The average molecular weight is 307 g/mol. The van der Waals surface area contributed by atoms with Gasteiger partial charge in [-0.05, 0) is 6.08 Å². The first-order valence-corrected chi connectivity index (χ1v) is 6.69. The number of carboxylic acid groups (broad SMARTS) is 1. The summed E-state index contributed by atoms with van der Waals surface area (Å²) in [5.41, 5.74) is 0. The van der Waals surface area contributed by atoms with Crippen molar-refractivity contribution < 1.29 is 35.1 Å². The van der Waals surface area contributed by atoms with Crippen LogP contribution in [0.2, 0.25) is 0 Å². The largest absolute Gasteiger partial charge is 0.477 e. The summed E-state index contributed by atoms with van der Waals surface area (Å²) in [4.78, 5) is 21.9. The Balaban J connectivity index is 3.04. The first-order valence-electron chi connectivity index (χ1n) is 5.81. The number of carbonyl (C=O) groups is 2. The lowest BCUT2D eigenvalue weighted by Crippen LogP contribution is -2.57. The van der Waals surface area contributed by atoms with E-state index in [1.165, 1.54) is 6.92 Å². The van der Waals surface area contributed by atoms with E-state index in [0.717, 1.165) is 6.08 Å². The van der Waals surface area contributed by atoms with Crippen LogP contribution in [0.25, 0.3) is 0 Å². The summed E-state index contributed by atoms with van der Waals surface area (Å²) in [5, 5.41) is 48.5. The lowest BCUT2D eigenvalue weighted by Gasteiger charge is -2.37. The minimum atomic E-state index is -1.51. The molecule has 20 heavy (non-hydrogen) atoms. The van der Waals surface area contributed by atoms with E-state index in [2.05, 4.69) is 5.32 Å². The molecule has 1 aliphatic heterocycles. The summed E-state index contributed by atoms with van der Waals surface area (Å²) in [7, 11) is 0. The standard InChI is InChI=1S/C11H17NO7S/c1-4(14)12-8-5(15)2-7(11(18)19)20-10(8)9(17)6(16)3-13/h2,5-6,8-10,13,15-17H,3H2,1H3,(H,12,14)(H,18,19)/t5-,6+,8+,9+,10+/m0/s1. The molecule has 0 unspecified atom stereocenters. The van der Waals surface area contributed by atoms with Gasteiger partial charge in [0.2, 0.25) is 5.91 Å². The van der Waals surface area contributed by atoms with Crippen LogP contribution in [0.5, 0.6) is 0 Å². The number of hydrogen-bond acceptors (Lipinski definition) is 7. The van der Waals surface area contributed by atoms with Crippen LogP contribution < -0.4 is 5.32 Å². The van der Waals surface area contributed by atoms with Crippen molar-refractivity contribution in [2.45, 2.75) is 36.5 Å². The molecule has 1 aliphatic rings. The maximum Gasteiger partial charge on any atom is 0.341 e. The maximum absolute atomic E-state index is 11.1. The predicted molar refractivity (Wildman–Crippen MR) is 69.8 cm³/mol. The molecule has 0 aromatic rings. The van der Waals surface area contributed by atoms with Crippen LogP contribution in [-0.4, -0.2) is 73.6 Å². The van der Waals surface area contributed by atoms with E-state index in [4.69, 9.17) is 10.2 Å². The lowest BCUT2D eigenvalue weighted by molar-refractivity contribution is -0.131. The van der Waals surface area contributed by atoms with Gasteiger partial charge in [0, 0.05) is 6.92 Å². The number of aliphatic hydroxyl groups is 4. The minimum Gasteiger partial charge on any atom is -0.477 e. The van der Waals surface area contributed by atoms with E-state index in [-0.39, 0.29) is 4.91 Å². The first-order chi connectivity index (χ1) is 9.27. The van der Waals surface area contributed by atoms with E-state index in [0.29, 0.717) is 11.8 Å². The summed E-state index contributed by atoms with van der Waals surface area (Å²) in [5.74, 6) is -1.76. The molecular weight excluding hydrogens is 290 g/mol. The minimum absolute atomic E-state index is 0.201. The van der Waals surface area contributed by atoms with Gasteiger partial charge in [0.1, 0.15) is 6.10 Å². The van der Waals surface area contributed by atoms with Gasteiger partial charge in [-0.1, -0.05) is 0 Å². The van der Waals surface area contributed by atoms with Gasteiger partial charge >= 0.3 is 5.97 Å². The molecule has 0 radical (unpaired) electrons. The second-order valence-corrected chi connectivity index (χ2v) is 5.60. The fourth-order valence-electron chi connectivity index (χ4n) is 1.85. The van der Waals surface area contributed by atoms with Crippen LogP contribution in [0.15, 0.2) is 11.0 Å². The monoisotopic (exact) mass is 307 g/mol. The lowest BCUT2D eigenvalue weighted by atomic mass is 9.98. The van der Waals surface area contributed by atoms with Gasteiger partial charge < -0.3 is 30.8 Å². The third-order valence-corrected chi connectivity index (χ3v) is 4.21. The number of carbonyl (C=O) groups excluding carboxylic acids is 1. The van der Waals surface area contributed by atoms with E-state index in [1.54, 1.807) is 0 Å². The fraction of sp³-hybridized carbons (Fsp3) is 0.636. The Labute approximate surface area is 119 Å². The van der Waals surface area contributed by atoms with Gasteiger partial charge in [-0.25, -0.2) is 4.79 Å². The molecule has 0 spiro atoms. The Morgan fingerprint density at radius 3 is 2.50 bits per heavy atom. The third-order valence-electron chi connectivity index (χ3n) is 2.81. The van der Waals surface area contributed by atoms with Crippen molar-refractivity contribution in [2.75, 3.05) is 6.61 Å². The van der Waals surface area contributed by atoms with Crippen molar-refractivity contribution in [3.8, 4) is 0 Å². The highest BCUT2D eigenvalue weighted by Gasteiger charge is 2.41. The summed E-state index contributed by atoms with van der Waals surface area (Å²) >= 11 is 0.711. The number of carboxylic acids is 1. The number of hydrogen-bond donors (Lipinski definition) is 6. The molecule has 9 heteroatoms. The third kappa shape index (κ3) is 3.93. The number of nitrogens with one attached hydrogen (secondary N) is 1. The van der Waals surface area contributed by atoms with Crippen molar-refractivity contribution in [3.63, 3.8) is 0 Å². The van der Waals surface area contributed by atoms with Crippen molar-refractivity contribution in [1.82, 2.24) is 5.32 Å². The Hall–Kier alpha value is -1.13. The van der Waals surface area contributed by atoms with E-state index in [9.17, 15) is 24.9 Å². The predicted octanol–water partition coefficient (Wildman–Crippen LogP) is -2.35. The van der Waals surface area contributed by atoms with Crippen LogP contribution in [0.1, 0.15) is 6.92 Å². The highest BCUT2D eigenvalue weighted by Crippen LogP contribution is 2.34. The topological polar surface area (TPSA) is 147 Å². The molecule has 5 atom stereocenters. The fourth-order valence-corrected chi connectivity index (χ4v) is 3.15. The molecule has 0 saturated carbocycles. The Kier molecular flexibility index (Phi) is 5.96. The summed E-state index contributed by atoms with van der Waals surface area (Å²) in [6.07, 6.45) is -3.29. The molecule has 1 heterocycles. The van der Waals surface area contributed by atoms with Gasteiger partial charge in [0.05, 0.1) is 35.0 Å². The van der Waals surface area contributed by atoms with Crippen molar-refractivity contribution >= 4 is 23.6 Å². The van der Waals surface area contributed by atoms with Gasteiger partial charge in [-0.2, -0.15) is 0 Å². The number of aliphatic hydroxyl groups excluding tert-OH is 4. The smallest absolute Gasteiger partial charge is 0.341 e. The molecule has 0 aromatic carbocycles. The molecule has 8 nitrogen and oxygen atoms in total. The highest BCUT2D eigenvalue weighted by molar-refractivity contribution is 8.04.